The van der Waals surface area contributed by atoms with Crippen molar-refractivity contribution in [2.45, 2.75) is 26.1 Å². The van der Waals surface area contributed by atoms with Crippen molar-refractivity contribution in [1.82, 2.24) is 20.3 Å². The molecule has 8 nitrogen and oxygen atoms in total. The number of amides is 1. The standard InChI is InChI=1S/C14H16N4O4/c1-10(7-18-8-12(13(19)20)16-17-18)15-14(21)22-9-11-5-3-2-4-6-11/h2-6,8,10H,7,9H2,1H3,(H,15,21)(H,19,20)/t10-/m0/s1. The second-order valence-electron chi connectivity index (χ2n) is 4.74. The van der Waals surface area contributed by atoms with Crippen LogP contribution in [0.2, 0.25) is 0 Å². The smallest absolute Gasteiger partial charge is 0.407 e. The van der Waals surface area contributed by atoms with Crippen LogP contribution in [0.1, 0.15) is 23.0 Å². The van der Waals surface area contributed by atoms with Crippen LogP contribution in [0.25, 0.3) is 0 Å². The lowest BCUT2D eigenvalue weighted by Crippen LogP contribution is -2.36. The van der Waals surface area contributed by atoms with Gasteiger partial charge in [0.25, 0.3) is 0 Å². The molecule has 1 amide bonds. The van der Waals surface area contributed by atoms with E-state index in [2.05, 4.69) is 15.6 Å². The summed E-state index contributed by atoms with van der Waals surface area (Å²) in [6, 6.07) is 9.05. The zero-order valence-electron chi connectivity index (χ0n) is 12.0. The van der Waals surface area contributed by atoms with E-state index in [1.165, 1.54) is 10.9 Å². The van der Waals surface area contributed by atoms with Crippen LogP contribution in [-0.4, -0.2) is 38.2 Å². The molecule has 0 fully saturated rings. The van der Waals surface area contributed by atoms with Crippen LogP contribution in [0.4, 0.5) is 4.79 Å². The van der Waals surface area contributed by atoms with Gasteiger partial charge in [0.1, 0.15) is 6.61 Å². The minimum absolute atomic E-state index is 0.140. The highest BCUT2D eigenvalue weighted by atomic mass is 16.5. The lowest BCUT2D eigenvalue weighted by Gasteiger charge is -2.13. The summed E-state index contributed by atoms with van der Waals surface area (Å²) in [5.41, 5.74) is 0.756. The highest BCUT2D eigenvalue weighted by Gasteiger charge is 2.12. The first-order chi connectivity index (χ1) is 10.5. The van der Waals surface area contributed by atoms with Crippen molar-refractivity contribution in [2.24, 2.45) is 0 Å². The first-order valence-corrected chi connectivity index (χ1v) is 6.65. The molecule has 0 aliphatic carbocycles. The van der Waals surface area contributed by atoms with Crippen LogP contribution < -0.4 is 5.32 Å². The van der Waals surface area contributed by atoms with E-state index in [1.807, 2.05) is 30.3 Å². The normalized spacial score (nSPS) is 11.7. The van der Waals surface area contributed by atoms with Gasteiger partial charge in [-0.05, 0) is 12.5 Å². The second kappa shape index (κ2) is 7.21. The molecule has 1 aromatic carbocycles. The Balaban J connectivity index is 1.77. The molecule has 22 heavy (non-hydrogen) atoms. The summed E-state index contributed by atoms with van der Waals surface area (Å²) >= 11 is 0. The Morgan fingerprint density at radius 1 is 1.36 bits per heavy atom. The number of carbonyl (C=O) groups excluding carboxylic acids is 1. The number of ether oxygens (including phenoxy) is 1. The Bertz CT molecular complexity index is 641. The number of nitrogens with one attached hydrogen (secondary N) is 1. The summed E-state index contributed by atoms with van der Waals surface area (Å²) in [5.74, 6) is -1.14. The first-order valence-electron chi connectivity index (χ1n) is 6.65. The predicted molar refractivity (Wildman–Crippen MR) is 76.2 cm³/mol. The maximum Gasteiger partial charge on any atom is 0.407 e. The number of carboxylic acids is 1. The largest absolute Gasteiger partial charge is 0.476 e. The Hall–Kier alpha value is -2.90. The number of carbonyl (C=O) groups is 2. The highest BCUT2D eigenvalue weighted by Crippen LogP contribution is 2.01. The molecule has 0 bridgehead atoms. The minimum Gasteiger partial charge on any atom is -0.476 e. The fraction of sp³-hybridized carbons (Fsp3) is 0.286. The van der Waals surface area contributed by atoms with Crippen molar-refractivity contribution >= 4 is 12.1 Å². The number of rotatable bonds is 6. The van der Waals surface area contributed by atoms with Crippen LogP contribution in [0.3, 0.4) is 0 Å². The monoisotopic (exact) mass is 304 g/mol. The van der Waals surface area contributed by atoms with Gasteiger partial charge in [-0.3, -0.25) is 0 Å². The molecule has 2 aromatic rings. The fourth-order valence-electron chi connectivity index (χ4n) is 1.78. The number of benzene rings is 1. The van der Waals surface area contributed by atoms with E-state index in [0.29, 0.717) is 6.54 Å². The zero-order valence-corrected chi connectivity index (χ0v) is 12.0. The lowest BCUT2D eigenvalue weighted by molar-refractivity contribution is 0.0690. The van der Waals surface area contributed by atoms with Gasteiger partial charge in [-0.1, -0.05) is 35.5 Å². The van der Waals surface area contributed by atoms with E-state index < -0.39 is 12.1 Å². The first kappa shape index (κ1) is 15.5. The van der Waals surface area contributed by atoms with Gasteiger partial charge in [0.05, 0.1) is 12.7 Å². The van der Waals surface area contributed by atoms with Gasteiger partial charge < -0.3 is 15.2 Å². The molecule has 2 N–H and O–H groups in total. The number of aromatic nitrogens is 3. The molecule has 0 radical (unpaired) electrons. The molecular weight excluding hydrogens is 288 g/mol. The van der Waals surface area contributed by atoms with Crippen LogP contribution in [0, 0.1) is 0 Å². The van der Waals surface area contributed by atoms with Gasteiger partial charge >= 0.3 is 12.1 Å². The van der Waals surface area contributed by atoms with Gasteiger partial charge in [-0.15, -0.1) is 5.10 Å². The van der Waals surface area contributed by atoms with Crippen LogP contribution in [-0.2, 0) is 17.9 Å². The molecule has 0 spiro atoms. The third kappa shape index (κ3) is 4.58. The van der Waals surface area contributed by atoms with Gasteiger partial charge in [0.2, 0.25) is 0 Å². The number of alkyl carbamates (subject to hydrolysis) is 1. The quantitative estimate of drug-likeness (QED) is 0.833. The van der Waals surface area contributed by atoms with Crippen molar-refractivity contribution in [3.05, 3.63) is 47.8 Å². The van der Waals surface area contributed by atoms with Crippen molar-refractivity contribution in [1.29, 1.82) is 0 Å². The molecule has 2 rings (SSSR count). The summed E-state index contributed by atoms with van der Waals surface area (Å²) in [6.45, 7) is 2.23. The van der Waals surface area contributed by atoms with Crippen LogP contribution >= 0.6 is 0 Å². The van der Waals surface area contributed by atoms with Crippen molar-refractivity contribution in [3.8, 4) is 0 Å². The van der Waals surface area contributed by atoms with E-state index in [9.17, 15) is 9.59 Å². The van der Waals surface area contributed by atoms with Gasteiger partial charge in [-0.25, -0.2) is 14.3 Å². The summed E-state index contributed by atoms with van der Waals surface area (Å²) in [6.07, 6.45) is 0.755. The van der Waals surface area contributed by atoms with Gasteiger partial charge in [0, 0.05) is 6.04 Å². The topological polar surface area (TPSA) is 106 Å². The van der Waals surface area contributed by atoms with Crippen molar-refractivity contribution in [3.63, 3.8) is 0 Å². The molecule has 1 atom stereocenters. The Kier molecular flexibility index (Phi) is 5.07. The zero-order chi connectivity index (χ0) is 15.9. The number of carboxylic acid groups (broad SMARTS) is 1. The summed E-state index contributed by atoms with van der Waals surface area (Å²) in [4.78, 5) is 22.3. The molecule has 1 aromatic heterocycles. The molecule has 0 aliphatic heterocycles. The van der Waals surface area contributed by atoms with E-state index in [-0.39, 0.29) is 18.3 Å². The van der Waals surface area contributed by atoms with Crippen molar-refractivity contribution < 1.29 is 19.4 Å². The summed E-state index contributed by atoms with van der Waals surface area (Å²) < 4.78 is 6.44. The average molecular weight is 304 g/mol. The average Bonchev–Trinajstić information content (AvgIpc) is 2.95. The molecule has 8 heteroatoms. The van der Waals surface area contributed by atoms with E-state index >= 15 is 0 Å². The maximum absolute atomic E-state index is 11.7. The van der Waals surface area contributed by atoms with Crippen LogP contribution in [0.15, 0.2) is 36.5 Å². The molecule has 0 saturated carbocycles. The van der Waals surface area contributed by atoms with Gasteiger partial charge in [0.15, 0.2) is 5.69 Å². The third-order valence-electron chi connectivity index (χ3n) is 2.80. The molecule has 116 valence electrons. The van der Waals surface area contributed by atoms with Gasteiger partial charge in [-0.2, -0.15) is 0 Å². The number of nitrogens with zero attached hydrogens (tertiary/aromatic N) is 3. The molecule has 0 unspecified atom stereocenters. The van der Waals surface area contributed by atoms with E-state index in [4.69, 9.17) is 9.84 Å². The van der Waals surface area contributed by atoms with E-state index in [0.717, 1.165) is 5.56 Å². The molecule has 0 saturated heterocycles. The molecular formula is C14H16N4O4. The minimum atomic E-state index is -1.14. The third-order valence-corrected chi connectivity index (χ3v) is 2.80. The number of hydrogen-bond acceptors (Lipinski definition) is 5. The SMILES string of the molecule is C[C@@H](Cn1cc(C(=O)O)nn1)NC(=O)OCc1ccccc1. The lowest BCUT2D eigenvalue weighted by atomic mass is 10.2. The Labute approximate surface area is 126 Å². The maximum atomic E-state index is 11.7. The predicted octanol–water partition coefficient (Wildman–Crippen LogP) is 1.29. The Morgan fingerprint density at radius 2 is 2.09 bits per heavy atom. The molecule has 1 heterocycles. The molecule has 0 aliphatic rings. The second-order valence-corrected chi connectivity index (χ2v) is 4.74. The Morgan fingerprint density at radius 3 is 2.73 bits per heavy atom. The summed E-state index contributed by atoms with van der Waals surface area (Å²) in [5, 5.41) is 18.6. The number of aromatic carboxylic acids is 1. The fourth-order valence-corrected chi connectivity index (χ4v) is 1.78. The van der Waals surface area contributed by atoms with Crippen LogP contribution in [0.5, 0.6) is 0 Å². The highest BCUT2D eigenvalue weighted by molar-refractivity contribution is 5.84. The summed E-state index contributed by atoms with van der Waals surface area (Å²) in [7, 11) is 0. The van der Waals surface area contributed by atoms with Crippen molar-refractivity contribution in [2.75, 3.05) is 0 Å². The number of hydrogen-bond donors (Lipinski definition) is 2. The van der Waals surface area contributed by atoms with E-state index in [1.54, 1.807) is 6.92 Å².